The van der Waals surface area contributed by atoms with E-state index in [-0.39, 0.29) is 17.5 Å². The molecule has 0 saturated heterocycles. The zero-order chi connectivity index (χ0) is 23.3. The van der Waals surface area contributed by atoms with E-state index < -0.39 is 11.9 Å². The molecule has 0 aromatic carbocycles. The minimum absolute atomic E-state index is 0.0679. The SMILES string of the molecule is CCNC(=O)C1CCC(CNC(=O)N/N=C(/CCCCN)C(=O)Nc2ccn(C)n2)CC1. The van der Waals surface area contributed by atoms with Crippen molar-refractivity contribution in [3.63, 3.8) is 0 Å². The lowest BCUT2D eigenvalue weighted by Crippen LogP contribution is -2.39. The van der Waals surface area contributed by atoms with Crippen molar-refractivity contribution in [1.82, 2.24) is 25.8 Å². The number of nitrogens with one attached hydrogen (secondary N) is 4. The fourth-order valence-electron chi connectivity index (χ4n) is 3.67. The Morgan fingerprint density at radius 2 is 1.94 bits per heavy atom. The van der Waals surface area contributed by atoms with E-state index in [1.807, 2.05) is 6.92 Å². The lowest BCUT2D eigenvalue weighted by Gasteiger charge is -2.27. The highest BCUT2D eigenvalue weighted by molar-refractivity contribution is 6.43. The first-order valence-electron chi connectivity index (χ1n) is 11.3. The molecule has 0 aliphatic heterocycles. The van der Waals surface area contributed by atoms with Crippen molar-refractivity contribution in [3.05, 3.63) is 12.3 Å². The Labute approximate surface area is 188 Å². The number of nitrogens with zero attached hydrogens (tertiary/aromatic N) is 3. The van der Waals surface area contributed by atoms with Gasteiger partial charge in [-0.25, -0.2) is 10.2 Å². The molecule has 0 unspecified atom stereocenters. The first-order chi connectivity index (χ1) is 15.4. The number of amides is 4. The molecule has 6 N–H and O–H groups in total. The minimum atomic E-state index is -0.460. The van der Waals surface area contributed by atoms with Crippen molar-refractivity contribution < 1.29 is 14.4 Å². The molecular formula is C21H36N8O3. The van der Waals surface area contributed by atoms with Crippen LogP contribution < -0.4 is 27.1 Å². The molecule has 1 aromatic heterocycles. The average Bonchev–Trinajstić information content (AvgIpc) is 3.19. The standard InChI is InChI=1S/C21H36N8O3/c1-3-23-19(30)16-9-7-15(8-10-16)14-24-21(32)27-26-17(6-4-5-12-22)20(31)25-18-11-13-29(2)28-18/h11,13,15-16H,3-10,12,14,22H2,1-2H3,(H,23,30)(H2,24,27,32)(H,25,28,31)/b26-17-. The molecule has 32 heavy (non-hydrogen) atoms. The van der Waals surface area contributed by atoms with Crippen LogP contribution in [0.2, 0.25) is 0 Å². The average molecular weight is 449 g/mol. The first kappa shape index (κ1) is 25.3. The predicted molar refractivity (Wildman–Crippen MR) is 123 cm³/mol. The Bertz CT molecular complexity index is 784. The number of carbonyl (C=O) groups excluding carboxylic acids is 3. The van der Waals surface area contributed by atoms with Crippen molar-refractivity contribution in [3.8, 4) is 0 Å². The number of unbranched alkanes of at least 4 members (excludes halogenated alkanes) is 1. The number of anilines is 1. The number of carbonyl (C=O) groups is 3. The van der Waals surface area contributed by atoms with Gasteiger partial charge in [-0.1, -0.05) is 0 Å². The molecule has 1 aromatic rings. The maximum atomic E-state index is 12.5. The molecule has 1 heterocycles. The molecule has 11 heteroatoms. The highest BCUT2D eigenvalue weighted by Gasteiger charge is 2.26. The summed E-state index contributed by atoms with van der Waals surface area (Å²) in [5.74, 6) is 0.517. The summed E-state index contributed by atoms with van der Waals surface area (Å²) >= 11 is 0. The van der Waals surface area contributed by atoms with Gasteiger partial charge in [0.25, 0.3) is 5.91 Å². The number of aryl methyl sites for hydroxylation is 1. The van der Waals surface area contributed by atoms with Crippen molar-refractivity contribution in [2.75, 3.05) is 25.0 Å². The van der Waals surface area contributed by atoms with Gasteiger partial charge in [-0.3, -0.25) is 14.3 Å². The molecule has 1 saturated carbocycles. The van der Waals surface area contributed by atoms with Crippen LogP contribution in [0.4, 0.5) is 10.6 Å². The van der Waals surface area contributed by atoms with E-state index in [2.05, 4.69) is 31.6 Å². The summed E-state index contributed by atoms with van der Waals surface area (Å²) in [5.41, 5.74) is 8.17. The summed E-state index contributed by atoms with van der Waals surface area (Å²) in [5, 5.41) is 16.5. The van der Waals surface area contributed by atoms with Gasteiger partial charge in [0, 0.05) is 38.3 Å². The molecule has 0 atom stereocenters. The number of hydrazone groups is 1. The summed E-state index contributed by atoms with van der Waals surface area (Å²) in [6.07, 6.45) is 6.98. The van der Waals surface area contributed by atoms with Crippen LogP contribution >= 0.6 is 0 Å². The largest absolute Gasteiger partial charge is 0.356 e. The normalized spacial score (nSPS) is 18.7. The van der Waals surface area contributed by atoms with Gasteiger partial charge in [0.15, 0.2) is 5.82 Å². The number of urea groups is 1. The van der Waals surface area contributed by atoms with Crippen LogP contribution in [0.25, 0.3) is 0 Å². The van der Waals surface area contributed by atoms with Gasteiger partial charge in [0.2, 0.25) is 5.91 Å². The molecule has 178 valence electrons. The van der Waals surface area contributed by atoms with Crippen molar-refractivity contribution in [1.29, 1.82) is 0 Å². The van der Waals surface area contributed by atoms with Crippen molar-refractivity contribution in [2.45, 2.75) is 51.9 Å². The second-order valence-corrected chi connectivity index (χ2v) is 8.07. The zero-order valence-corrected chi connectivity index (χ0v) is 19.0. The van der Waals surface area contributed by atoms with E-state index in [0.29, 0.717) is 44.2 Å². The first-order valence-corrected chi connectivity index (χ1v) is 11.3. The molecule has 4 amide bonds. The van der Waals surface area contributed by atoms with Crippen LogP contribution in [0, 0.1) is 11.8 Å². The second kappa shape index (κ2) is 13.5. The van der Waals surface area contributed by atoms with Gasteiger partial charge in [-0.15, -0.1) is 0 Å². The lowest BCUT2D eigenvalue weighted by molar-refractivity contribution is -0.126. The summed E-state index contributed by atoms with van der Waals surface area (Å²) in [6.45, 7) is 3.59. The third-order valence-electron chi connectivity index (χ3n) is 5.50. The zero-order valence-electron chi connectivity index (χ0n) is 19.0. The Hall–Kier alpha value is -2.95. The van der Waals surface area contributed by atoms with Crippen LogP contribution in [0.3, 0.4) is 0 Å². The summed E-state index contributed by atoms with van der Waals surface area (Å²) in [6, 6.07) is 1.22. The fourth-order valence-corrected chi connectivity index (χ4v) is 3.67. The molecule has 2 rings (SSSR count). The molecular weight excluding hydrogens is 412 g/mol. The van der Waals surface area contributed by atoms with Crippen LogP contribution in [0.5, 0.6) is 0 Å². The Kier molecular flexibility index (Phi) is 10.6. The number of rotatable bonds is 11. The highest BCUT2D eigenvalue weighted by atomic mass is 16.2. The van der Waals surface area contributed by atoms with Gasteiger partial charge in [0.05, 0.1) is 0 Å². The number of hydrogen-bond donors (Lipinski definition) is 5. The van der Waals surface area contributed by atoms with E-state index in [1.54, 1.807) is 24.0 Å². The maximum absolute atomic E-state index is 12.5. The number of aromatic nitrogens is 2. The second-order valence-electron chi connectivity index (χ2n) is 8.07. The Morgan fingerprint density at radius 3 is 2.56 bits per heavy atom. The third-order valence-corrected chi connectivity index (χ3v) is 5.50. The quantitative estimate of drug-likeness (QED) is 0.195. The fraction of sp³-hybridized carbons (Fsp3) is 0.667. The smallest absolute Gasteiger partial charge is 0.335 e. The third kappa shape index (κ3) is 8.66. The topological polar surface area (TPSA) is 156 Å². The molecule has 0 bridgehead atoms. The summed E-state index contributed by atoms with van der Waals surface area (Å²) in [7, 11) is 1.75. The van der Waals surface area contributed by atoms with E-state index in [9.17, 15) is 14.4 Å². The Balaban J connectivity index is 1.80. The molecule has 0 spiro atoms. The van der Waals surface area contributed by atoms with Crippen LogP contribution in [-0.4, -0.2) is 53.0 Å². The number of hydrogen-bond acceptors (Lipinski definition) is 6. The molecule has 1 aliphatic rings. The monoisotopic (exact) mass is 448 g/mol. The summed E-state index contributed by atoms with van der Waals surface area (Å²) in [4.78, 5) is 36.7. The van der Waals surface area contributed by atoms with Crippen LogP contribution in [0.1, 0.15) is 51.9 Å². The van der Waals surface area contributed by atoms with Gasteiger partial charge in [0.1, 0.15) is 5.71 Å². The van der Waals surface area contributed by atoms with Crippen LogP contribution in [-0.2, 0) is 16.6 Å². The van der Waals surface area contributed by atoms with Crippen LogP contribution in [0.15, 0.2) is 17.4 Å². The van der Waals surface area contributed by atoms with Crippen molar-refractivity contribution in [2.24, 2.45) is 29.7 Å². The van der Waals surface area contributed by atoms with Crippen molar-refractivity contribution >= 4 is 29.4 Å². The molecule has 1 aliphatic carbocycles. The predicted octanol–water partition coefficient (Wildman–Crippen LogP) is 1.09. The minimum Gasteiger partial charge on any atom is -0.356 e. The Morgan fingerprint density at radius 1 is 1.19 bits per heavy atom. The van der Waals surface area contributed by atoms with Gasteiger partial charge < -0.3 is 21.7 Å². The van der Waals surface area contributed by atoms with E-state index in [1.165, 1.54) is 0 Å². The molecule has 0 radical (unpaired) electrons. The summed E-state index contributed by atoms with van der Waals surface area (Å²) < 4.78 is 1.58. The van der Waals surface area contributed by atoms with E-state index >= 15 is 0 Å². The van der Waals surface area contributed by atoms with Gasteiger partial charge in [-0.2, -0.15) is 10.2 Å². The van der Waals surface area contributed by atoms with Gasteiger partial charge in [-0.05, 0) is 64.3 Å². The van der Waals surface area contributed by atoms with Gasteiger partial charge >= 0.3 is 6.03 Å². The maximum Gasteiger partial charge on any atom is 0.335 e. The molecule has 1 fully saturated rings. The van der Waals surface area contributed by atoms with E-state index in [0.717, 1.165) is 32.1 Å². The highest BCUT2D eigenvalue weighted by Crippen LogP contribution is 2.28. The number of nitrogens with two attached hydrogens (primary N) is 1. The lowest BCUT2D eigenvalue weighted by atomic mass is 9.81. The molecule has 11 nitrogen and oxygen atoms in total. The van der Waals surface area contributed by atoms with E-state index in [4.69, 9.17) is 5.73 Å².